The molecular weight excluding hydrogens is 322 g/mol. The van der Waals surface area contributed by atoms with Crippen molar-refractivity contribution < 1.29 is 9.85 Å². The van der Waals surface area contributed by atoms with Crippen molar-refractivity contribution >= 4 is 22.7 Å². The molecule has 25 heavy (non-hydrogen) atoms. The van der Waals surface area contributed by atoms with E-state index in [9.17, 15) is 20.2 Å². The lowest BCUT2D eigenvalue weighted by Crippen LogP contribution is -2.10. The lowest BCUT2D eigenvalue weighted by molar-refractivity contribution is -0.481. The van der Waals surface area contributed by atoms with Crippen LogP contribution in [0.25, 0.3) is 17.0 Å². The number of fused-ring (bicyclic) bond motifs is 1. The van der Waals surface area contributed by atoms with Crippen molar-refractivity contribution in [3.8, 4) is 0 Å². The molecule has 7 heteroatoms. The van der Waals surface area contributed by atoms with Crippen molar-refractivity contribution in [2.24, 2.45) is 0 Å². The summed E-state index contributed by atoms with van der Waals surface area (Å²) in [5.41, 5.74) is 2.07. The van der Waals surface area contributed by atoms with E-state index in [1.165, 1.54) is 6.07 Å². The zero-order chi connectivity index (χ0) is 17.8. The van der Waals surface area contributed by atoms with Gasteiger partial charge in [0.25, 0.3) is 5.69 Å². The molecule has 0 radical (unpaired) electrons. The van der Waals surface area contributed by atoms with E-state index in [1.807, 2.05) is 24.3 Å². The highest BCUT2D eigenvalue weighted by molar-refractivity contribution is 5.84. The topological polar surface area (TPSA) is 102 Å². The van der Waals surface area contributed by atoms with Gasteiger partial charge in [0.05, 0.1) is 16.4 Å². The first kappa shape index (κ1) is 16.4. The molecule has 0 saturated heterocycles. The van der Waals surface area contributed by atoms with E-state index in [1.54, 1.807) is 36.5 Å². The quantitative estimate of drug-likeness (QED) is 0.539. The van der Waals surface area contributed by atoms with Crippen LogP contribution < -0.4 is 0 Å². The maximum absolute atomic E-state index is 11.1. The molecule has 3 aromatic rings. The van der Waals surface area contributed by atoms with Crippen LogP contribution in [0.1, 0.15) is 17.0 Å². The van der Waals surface area contributed by atoms with Crippen LogP contribution in [0.4, 0.5) is 5.69 Å². The van der Waals surface area contributed by atoms with Gasteiger partial charge in [-0.2, -0.15) is 0 Å². The van der Waals surface area contributed by atoms with Gasteiger partial charge in [-0.15, -0.1) is 0 Å². The Balaban J connectivity index is 2.00. The van der Waals surface area contributed by atoms with Crippen LogP contribution >= 0.6 is 0 Å². The number of aromatic nitrogens is 1. The Bertz CT molecular complexity index is 962. The standard InChI is InChI=1S/C18H15N3O4/c22-20(23)12-14(16-11-19-17-7-3-2-6-15(16)17)10-9-13-5-1-4-8-18(13)21(24)25/h1-11,14,19H,12H2/b10-9+. The number of nitro benzene ring substituents is 1. The second kappa shape index (κ2) is 6.96. The monoisotopic (exact) mass is 337 g/mol. The third kappa shape index (κ3) is 3.55. The number of nitro groups is 2. The van der Waals surface area contributed by atoms with Gasteiger partial charge in [-0.05, 0) is 17.7 Å². The Hall–Kier alpha value is -3.48. The molecule has 0 aliphatic rings. The first-order chi connectivity index (χ1) is 12.1. The Labute approximate surface area is 142 Å². The normalized spacial score (nSPS) is 12.5. The molecular formula is C18H15N3O4. The van der Waals surface area contributed by atoms with Crippen molar-refractivity contribution in [2.45, 2.75) is 5.92 Å². The third-order valence-electron chi connectivity index (χ3n) is 4.01. The van der Waals surface area contributed by atoms with Gasteiger partial charge in [0.2, 0.25) is 6.54 Å². The Morgan fingerprint density at radius 2 is 1.76 bits per heavy atom. The van der Waals surface area contributed by atoms with Gasteiger partial charge in [0.1, 0.15) is 0 Å². The molecule has 1 N–H and O–H groups in total. The molecule has 7 nitrogen and oxygen atoms in total. The highest BCUT2D eigenvalue weighted by atomic mass is 16.6. The van der Waals surface area contributed by atoms with Gasteiger partial charge in [-0.3, -0.25) is 20.2 Å². The van der Waals surface area contributed by atoms with Gasteiger partial charge in [0.15, 0.2) is 0 Å². The van der Waals surface area contributed by atoms with Gasteiger partial charge >= 0.3 is 0 Å². The molecule has 1 unspecified atom stereocenters. The fourth-order valence-electron chi connectivity index (χ4n) is 2.84. The van der Waals surface area contributed by atoms with Crippen molar-refractivity contribution in [3.05, 3.63) is 92.2 Å². The number of H-pyrrole nitrogens is 1. The maximum Gasteiger partial charge on any atom is 0.276 e. The van der Waals surface area contributed by atoms with Crippen molar-refractivity contribution in [3.63, 3.8) is 0 Å². The molecule has 1 atom stereocenters. The molecule has 3 rings (SSSR count). The second-order valence-electron chi connectivity index (χ2n) is 5.59. The van der Waals surface area contributed by atoms with Crippen molar-refractivity contribution in [1.82, 2.24) is 4.98 Å². The van der Waals surface area contributed by atoms with E-state index in [2.05, 4.69) is 4.98 Å². The van der Waals surface area contributed by atoms with Gasteiger partial charge in [0, 0.05) is 28.1 Å². The maximum atomic E-state index is 11.1. The number of benzene rings is 2. The minimum Gasteiger partial charge on any atom is -0.361 e. The summed E-state index contributed by atoms with van der Waals surface area (Å²) in [5, 5.41) is 23.1. The van der Waals surface area contributed by atoms with Crippen LogP contribution in [-0.4, -0.2) is 21.4 Å². The molecule has 0 bridgehead atoms. The number of nitrogens with zero attached hydrogens (tertiary/aromatic N) is 2. The number of nitrogens with one attached hydrogen (secondary N) is 1. The molecule has 1 heterocycles. The zero-order valence-corrected chi connectivity index (χ0v) is 13.2. The zero-order valence-electron chi connectivity index (χ0n) is 13.2. The number of hydrogen-bond acceptors (Lipinski definition) is 4. The van der Waals surface area contributed by atoms with E-state index in [-0.39, 0.29) is 17.2 Å². The SMILES string of the molecule is O=[N+]([O-])CC(/C=C/c1ccccc1[N+](=O)[O-])c1c[nH]c2ccccc12. The van der Waals surface area contributed by atoms with Crippen LogP contribution in [0.15, 0.2) is 60.8 Å². The number of aromatic amines is 1. The van der Waals surface area contributed by atoms with Crippen LogP contribution in [0.2, 0.25) is 0 Å². The fraction of sp³-hybridized carbons (Fsp3) is 0.111. The molecule has 2 aromatic carbocycles. The average molecular weight is 337 g/mol. The average Bonchev–Trinajstić information content (AvgIpc) is 3.02. The molecule has 126 valence electrons. The highest BCUT2D eigenvalue weighted by Gasteiger charge is 2.19. The lowest BCUT2D eigenvalue weighted by atomic mass is 9.97. The Morgan fingerprint density at radius 1 is 1.04 bits per heavy atom. The minimum absolute atomic E-state index is 0.0301. The van der Waals surface area contributed by atoms with Gasteiger partial charge in [-0.25, -0.2) is 0 Å². The molecule has 1 aromatic heterocycles. The number of hydrogen-bond donors (Lipinski definition) is 1. The summed E-state index contributed by atoms with van der Waals surface area (Å²) in [6, 6.07) is 13.9. The summed E-state index contributed by atoms with van der Waals surface area (Å²) in [6.07, 6.45) is 4.98. The molecule has 0 spiro atoms. The summed E-state index contributed by atoms with van der Waals surface area (Å²) >= 11 is 0. The predicted molar refractivity (Wildman–Crippen MR) is 95.0 cm³/mol. The Kier molecular flexibility index (Phi) is 4.56. The van der Waals surface area contributed by atoms with Crippen LogP contribution in [0, 0.1) is 20.2 Å². The van der Waals surface area contributed by atoms with E-state index in [0.717, 1.165) is 16.5 Å². The molecule has 0 saturated carbocycles. The van der Waals surface area contributed by atoms with E-state index >= 15 is 0 Å². The largest absolute Gasteiger partial charge is 0.361 e. The Morgan fingerprint density at radius 3 is 2.52 bits per heavy atom. The first-order valence-electron chi connectivity index (χ1n) is 7.65. The summed E-state index contributed by atoms with van der Waals surface area (Å²) in [4.78, 5) is 24.4. The summed E-state index contributed by atoms with van der Waals surface area (Å²) in [5.74, 6) is -0.494. The summed E-state index contributed by atoms with van der Waals surface area (Å²) in [7, 11) is 0. The van der Waals surface area contributed by atoms with Gasteiger partial charge < -0.3 is 4.98 Å². The van der Waals surface area contributed by atoms with Crippen LogP contribution in [0.3, 0.4) is 0 Å². The van der Waals surface area contributed by atoms with Crippen molar-refractivity contribution in [2.75, 3.05) is 6.54 Å². The number of rotatable bonds is 6. The van der Waals surface area contributed by atoms with E-state index in [4.69, 9.17) is 0 Å². The molecule has 0 amide bonds. The highest BCUT2D eigenvalue weighted by Crippen LogP contribution is 2.28. The van der Waals surface area contributed by atoms with Crippen LogP contribution in [0.5, 0.6) is 0 Å². The summed E-state index contributed by atoms with van der Waals surface area (Å²) < 4.78 is 0. The predicted octanol–water partition coefficient (Wildman–Crippen LogP) is 4.15. The van der Waals surface area contributed by atoms with E-state index in [0.29, 0.717) is 5.56 Å². The van der Waals surface area contributed by atoms with E-state index < -0.39 is 10.8 Å². The summed E-state index contributed by atoms with van der Waals surface area (Å²) in [6.45, 7) is -0.293. The second-order valence-corrected chi connectivity index (χ2v) is 5.59. The fourth-order valence-corrected chi connectivity index (χ4v) is 2.84. The smallest absolute Gasteiger partial charge is 0.276 e. The minimum atomic E-state index is -0.494. The third-order valence-corrected chi connectivity index (χ3v) is 4.01. The van der Waals surface area contributed by atoms with Crippen LogP contribution in [-0.2, 0) is 0 Å². The number of para-hydroxylation sites is 2. The molecule has 0 aliphatic heterocycles. The lowest BCUT2D eigenvalue weighted by Gasteiger charge is -2.07. The van der Waals surface area contributed by atoms with Crippen molar-refractivity contribution in [1.29, 1.82) is 0 Å². The first-order valence-corrected chi connectivity index (χ1v) is 7.65. The van der Waals surface area contributed by atoms with Gasteiger partial charge in [-0.1, -0.05) is 42.5 Å². The molecule has 0 fully saturated rings. The molecule has 0 aliphatic carbocycles.